The fourth-order valence-corrected chi connectivity index (χ4v) is 1.81. The zero-order chi connectivity index (χ0) is 7.40. The van der Waals surface area contributed by atoms with Crippen molar-refractivity contribution in [3.05, 3.63) is 0 Å². The molecule has 0 aromatic carbocycles. The van der Waals surface area contributed by atoms with Crippen molar-refractivity contribution in [3.63, 3.8) is 0 Å². The van der Waals surface area contributed by atoms with E-state index in [0.717, 1.165) is 19.4 Å². The first kappa shape index (κ1) is 8.08. The number of rotatable bonds is 1. The summed E-state index contributed by atoms with van der Waals surface area (Å²) in [6.45, 7) is 2.41. The van der Waals surface area contributed by atoms with Crippen molar-refractivity contribution in [1.29, 1.82) is 0 Å². The highest BCUT2D eigenvalue weighted by Crippen LogP contribution is 2.23. The van der Waals surface area contributed by atoms with Crippen molar-refractivity contribution in [3.8, 4) is 0 Å². The fraction of sp³-hybridized carbons (Fsp3) is 0.857. The largest absolute Gasteiger partial charge is 0.367 e. The lowest BCUT2D eigenvalue weighted by atomic mass is 10.2. The number of hydrogen-bond donors (Lipinski definition) is 0. The van der Waals surface area contributed by atoms with Gasteiger partial charge in [0.25, 0.3) is 0 Å². The molecule has 0 saturated carbocycles. The van der Waals surface area contributed by atoms with Crippen LogP contribution in [-0.4, -0.2) is 17.2 Å². The molecule has 1 heterocycles. The van der Waals surface area contributed by atoms with Crippen LogP contribution >= 0.6 is 11.8 Å². The molecule has 10 heavy (non-hydrogen) atoms. The molecule has 0 spiro atoms. The third-order valence-electron chi connectivity index (χ3n) is 1.44. The van der Waals surface area contributed by atoms with E-state index in [4.69, 9.17) is 4.74 Å². The Morgan fingerprint density at radius 2 is 2.40 bits per heavy atom. The summed E-state index contributed by atoms with van der Waals surface area (Å²) < 4.78 is 5.33. The molecular formula is C7H12O2S. The maximum absolute atomic E-state index is 10.6. The minimum atomic E-state index is 0.145. The molecule has 1 aliphatic rings. The van der Waals surface area contributed by atoms with Crippen LogP contribution in [0.4, 0.5) is 0 Å². The van der Waals surface area contributed by atoms with Crippen molar-refractivity contribution >= 4 is 16.9 Å². The molecule has 0 radical (unpaired) electrons. The maximum atomic E-state index is 10.6. The molecule has 58 valence electrons. The first-order valence-corrected chi connectivity index (χ1v) is 4.46. The van der Waals surface area contributed by atoms with E-state index in [1.807, 2.05) is 0 Å². The van der Waals surface area contributed by atoms with Crippen LogP contribution in [0, 0.1) is 0 Å². The first-order valence-electron chi connectivity index (χ1n) is 3.58. The molecule has 0 N–H and O–H groups in total. The summed E-state index contributed by atoms with van der Waals surface area (Å²) in [5, 5.41) is 0.159. The molecule has 1 saturated heterocycles. The van der Waals surface area contributed by atoms with Gasteiger partial charge in [0.2, 0.25) is 0 Å². The van der Waals surface area contributed by atoms with E-state index in [9.17, 15) is 4.79 Å². The number of carbonyl (C=O) groups is 1. The van der Waals surface area contributed by atoms with Crippen LogP contribution in [0.25, 0.3) is 0 Å². The Morgan fingerprint density at radius 1 is 1.60 bits per heavy atom. The standard InChI is InChI=1S/C7H12O2S/c1-6(8)10-7-4-2-3-5-9-7/h7H,2-5H2,1H3. The van der Waals surface area contributed by atoms with Gasteiger partial charge in [0, 0.05) is 13.5 Å². The van der Waals surface area contributed by atoms with Crippen molar-refractivity contribution < 1.29 is 9.53 Å². The van der Waals surface area contributed by atoms with Gasteiger partial charge in [-0.3, -0.25) is 4.79 Å². The zero-order valence-electron chi connectivity index (χ0n) is 6.13. The van der Waals surface area contributed by atoms with Crippen LogP contribution in [0.2, 0.25) is 0 Å². The predicted molar refractivity (Wildman–Crippen MR) is 41.9 cm³/mol. The van der Waals surface area contributed by atoms with Crippen LogP contribution in [0.15, 0.2) is 0 Å². The zero-order valence-corrected chi connectivity index (χ0v) is 6.95. The van der Waals surface area contributed by atoms with Gasteiger partial charge in [0.15, 0.2) is 5.12 Å². The third kappa shape index (κ3) is 2.71. The molecule has 0 aromatic heterocycles. The molecule has 0 aliphatic carbocycles. The van der Waals surface area contributed by atoms with Gasteiger partial charge in [-0.05, 0) is 19.3 Å². The third-order valence-corrected chi connectivity index (χ3v) is 2.40. The van der Waals surface area contributed by atoms with Gasteiger partial charge in [-0.25, -0.2) is 0 Å². The number of ether oxygens (including phenoxy) is 1. The summed E-state index contributed by atoms with van der Waals surface area (Å²) in [6.07, 6.45) is 3.38. The summed E-state index contributed by atoms with van der Waals surface area (Å²) in [7, 11) is 0. The van der Waals surface area contributed by atoms with Crippen LogP contribution < -0.4 is 0 Å². The van der Waals surface area contributed by atoms with E-state index in [1.54, 1.807) is 6.92 Å². The van der Waals surface area contributed by atoms with Crippen molar-refractivity contribution in [2.75, 3.05) is 6.61 Å². The second-order valence-electron chi connectivity index (χ2n) is 2.41. The van der Waals surface area contributed by atoms with Gasteiger partial charge in [0.1, 0.15) is 5.44 Å². The lowest BCUT2D eigenvalue weighted by Crippen LogP contribution is -2.16. The van der Waals surface area contributed by atoms with Crippen molar-refractivity contribution in [1.82, 2.24) is 0 Å². The van der Waals surface area contributed by atoms with Crippen LogP contribution in [0.1, 0.15) is 26.2 Å². The number of carbonyl (C=O) groups excluding carboxylic acids is 1. The Bertz CT molecular complexity index is 119. The number of thioether (sulfide) groups is 1. The average molecular weight is 160 g/mol. The first-order chi connectivity index (χ1) is 4.79. The molecule has 1 atom stereocenters. The van der Waals surface area contributed by atoms with E-state index < -0.39 is 0 Å². The van der Waals surface area contributed by atoms with Crippen molar-refractivity contribution in [2.24, 2.45) is 0 Å². The number of hydrogen-bond acceptors (Lipinski definition) is 3. The Hall–Kier alpha value is -0.0200. The van der Waals surface area contributed by atoms with E-state index in [0.29, 0.717) is 0 Å². The lowest BCUT2D eigenvalue weighted by Gasteiger charge is -2.20. The van der Waals surface area contributed by atoms with E-state index in [1.165, 1.54) is 18.2 Å². The second-order valence-corrected chi connectivity index (χ2v) is 3.74. The summed E-state index contributed by atoms with van der Waals surface area (Å²) >= 11 is 1.31. The Labute approximate surface area is 65.3 Å². The van der Waals surface area contributed by atoms with Gasteiger partial charge in [0.05, 0.1) is 0 Å². The highest BCUT2D eigenvalue weighted by Gasteiger charge is 2.15. The maximum Gasteiger partial charge on any atom is 0.188 e. The molecule has 0 aromatic rings. The van der Waals surface area contributed by atoms with Crippen LogP contribution in [-0.2, 0) is 9.53 Å². The Balaban J connectivity index is 2.19. The molecule has 2 nitrogen and oxygen atoms in total. The summed E-state index contributed by atoms with van der Waals surface area (Å²) in [4.78, 5) is 10.6. The Kier molecular flexibility index (Phi) is 3.22. The molecule has 1 rings (SSSR count). The Morgan fingerprint density at radius 3 is 2.90 bits per heavy atom. The van der Waals surface area contributed by atoms with E-state index >= 15 is 0 Å². The minimum Gasteiger partial charge on any atom is -0.367 e. The van der Waals surface area contributed by atoms with Gasteiger partial charge in [-0.1, -0.05) is 11.8 Å². The molecule has 1 unspecified atom stereocenters. The highest BCUT2D eigenvalue weighted by molar-refractivity contribution is 8.13. The van der Waals surface area contributed by atoms with Crippen molar-refractivity contribution in [2.45, 2.75) is 31.6 Å². The topological polar surface area (TPSA) is 26.3 Å². The van der Waals surface area contributed by atoms with Crippen LogP contribution in [0.3, 0.4) is 0 Å². The van der Waals surface area contributed by atoms with E-state index in [2.05, 4.69) is 0 Å². The molecule has 3 heteroatoms. The quantitative estimate of drug-likeness (QED) is 0.585. The normalized spacial score (nSPS) is 26.3. The van der Waals surface area contributed by atoms with E-state index in [-0.39, 0.29) is 10.6 Å². The SMILES string of the molecule is CC(=O)SC1CCCCO1. The summed E-state index contributed by atoms with van der Waals surface area (Å²) in [6, 6.07) is 0. The summed E-state index contributed by atoms with van der Waals surface area (Å²) in [5.74, 6) is 0. The minimum absolute atomic E-state index is 0.145. The lowest BCUT2D eigenvalue weighted by molar-refractivity contribution is -0.109. The van der Waals surface area contributed by atoms with Gasteiger partial charge in [-0.2, -0.15) is 0 Å². The fourth-order valence-electron chi connectivity index (χ4n) is 0.989. The molecule has 1 aliphatic heterocycles. The van der Waals surface area contributed by atoms with Gasteiger partial charge < -0.3 is 4.74 Å². The van der Waals surface area contributed by atoms with Crippen LogP contribution in [0.5, 0.6) is 0 Å². The van der Waals surface area contributed by atoms with Gasteiger partial charge in [-0.15, -0.1) is 0 Å². The summed E-state index contributed by atoms with van der Waals surface area (Å²) in [5.41, 5.74) is 0.145. The molecular weight excluding hydrogens is 148 g/mol. The monoisotopic (exact) mass is 160 g/mol. The highest BCUT2D eigenvalue weighted by atomic mass is 32.2. The predicted octanol–water partition coefficient (Wildman–Crippen LogP) is 1.79. The molecule has 0 bridgehead atoms. The smallest absolute Gasteiger partial charge is 0.188 e. The molecule has 1 fully saturated rings. The van der Waals surface area contributed by atoms with Gasteiger partial charge >= 0.3 is 0 Å². The molecule has 0 amide bonds. The average Bonchev–Trinajstić information content (AvgIpc) is 1.88. The second kappa shape index (κ2) is 3.98.